The molecule has 4 rings (SSSR count). The number of esters is 1. The van der Waals surface area contributed by atoms with Crippen LogP contribution in [-0.4, -0.2) is 31.3 Å². The van der Waals surface area contributed by atoms with Crippen LogP contribution < -0.4 is 19.6 Å². The zero-order valence-corrected chi connectivity index (χ0v) is 22.2. The van der Waals surface area contributed by atoms with E-state index < -0.39 is 11.9 Å². The summed E-state index contributed by atoms with van der Waals surface area (Å²) in [7, 11) is 0. The number of carbonyl (C=O) groups excluding carboxylic acids is 2. The van der Waals surface area contributed by atoms with Gasteiger partial charge in [-0.3, -0.25) is 4.79 Å². The number of hydrogen-bond acceptors (Lipinski definition) is 6. The molecule has 4 aromatic carbocycles. The van der Waals surface area contributed by atoms with Gasteiger partial charge < -0.3 is 14.2 Å². The predicted molar refractivity (Wildman–Crippen MR) is 150 cm³/mol. The summed E-state index contributed by atoms with van der Waals surface area (Å²) in [6.07, 6.45) is 1.40. The smallest absolute Gasteiger partial charge is 0.343 e. The molecule has 0 spiro atoms. The van der Waals surface area contributed by atoms with Gasteiger partial charge in [0, 0.05) is 10.0 Å². The summed E-state index contributed by atoms with van der Waals surface area (Å²) in [4.78, 5) is 24.8. The maximum atomic E-state index is 12.6. The van der Waals surface area contributed by atoms with E-state index >= 15 is 0 Å². The largest absolute Gasteiger partial charge is 0.494 e. The van der Waals surface area contributed by atoms with E-state index in [4.69, 9.17) is 14.2 Å². The lowest BCUT2D eigenvalue weighted by Gasteiger charge is -2.09. The molecule has 4 aromatic rings. The molecule has 192 valence electrons. The fourth-order valence-corrected chi connectivity index (χ4v) is 3.83. The van der Waals surface area contributed by atoms with Gasteiger partial charge in [0.05, 0.1) is 18.4 Å². The molecule has 0 fully saturated rings. The van der Waals surface area contributed by atoms with E-state index in [-0.39, 0.29) is 6.61 Å². The van der Waals surface area contributed by atoms with Crippen molar-refractivity contribution in [2.45, 2.75) is 6.92 Å². The summed E-state index contributed by atoms with van der Waals surface area (Å²) < 4.78 is 17.3. The Bertz CT molecular complexity index is 1410. The third-order valence-corrected chi connectivity index (χ3v) is 5.79. The van der Waals surface area contributed by atoms with Crippen molar-refractivity contribution in [3.05, 3.63) is 113 Å². The number of halogens is 1. The lowest BCUT2D eigenvalue weighted by atomic mass is 10.1. The minimum Gasteiger partial charge on any atom is -0.494 e. The lowest BCUT2D eigenvalue weighted by Crippen LogP contribution is -2.24. The molecule has 0 aliphatic carbocycles. The Kier molecular flexibility index (Phi) is 9.26. The van der Waals surface area contributed by atoms with Crippen LogP contribution in [-0.2, 0) is 4.79 Å². The molecule has 7 nitrogen and oxygen atoms in total. The highest BCUT2D eigenvalue weighted by molar-refractivity contribution is 9.10. The Morgan fingerprint density at radius 3 is 2.21 bits per heavy atom. The molecule has 0 aliphatic heterocycles. The van der Waals surface area contributed by atoms with Crippen LogP contribution in [0.1, 0.15) is 22.8 Å². The number of carbonyl (C=O) groups is 2. The minimum atomic E-state index is -0.527. The SMILES string of the molecule is CCOc1ccc(C(=O)Oc2ccc(Br)cc2/C=N/NC(=O)COc2ccc(-c3ccccc3)cc2)cc1. The van der Waals surface area contributed by atoms with E-state index in [1.807, 2.05) is 61.5 Å². The average molecular weight is 573 g/mol. The zero-order valence-electron chi connectivity index (χ0n) is 20.6. The van der Waals surface area contributed by atoms with Crippen LogP contribution in [0.4, 0.5) is 0 Å². The fraction of sp³-hybridized carbons (Fsp3) is 0.100. The summed E-state index contributed by atoms with van der Waals surface area (Å²) in [6.45, 7) is 2.22. The van der Waals surface area contributed by atoms with E-state index in [1.165, 1.54) is 6.21 Å². The molecular formula is C30H25BrN2O5. The first-order valence-corrected chi connectivity index (χ1v) is 12.7. The van der Waals surface area contributed by atoms with Crippen LogP contribution >= 0.6 is 15.9 Å². The molecule has 0 aromatic heterocycles. The summed E-state index contributed by atoms with van der Waals surface area (Å²) >= 11 is 3.40. The van der Waals surface area contributed by atoms with E-state index in [1.54, 1.807) is 42.5 Å². The quantitative estimate of drug-likeness (QED) is 0.105. The van der Waals surface area contributed by atoms with Gasteiger partial charge >= 0.3 is 5.97 Å². The second-order valence-electron chi connectivity index (χ2n) is 8.00. The second kappa shape index (κ2) is 13.2. The highest BCUT2D eigenvalue weighted by Crippen LogP contribution is 2.24. The van der Waals surface area contributed by atoms with Gasteiger partial charge in [0.2, 0.25) is 0 Å². The number of nitrogens with zero attached hydrogens (tertiary/aromatic N) is 1. The molecule has 0 bridgehead atoms. The van der Waals surface area contributed by atoms with Gasteiger partial charge in [0.25, 0.3) is 5.91 Å². The monoisotopic (exact) mass is 572 g/mol. The maximum Gasteiger partial charge on any atom is 0.343 e. The van der Waals surface area contributed by atoms with Crippen LogP contribution in [0.15, 0.2) is 107 Å². The Morgan fingerprint density at radius 2 is 1.50 bits per heavy atom. The first-order valence-electron chi connectivity index (χ1n) is 11.9. The molecule has 0 saturated carbocycles. The summed E-state index contributed by atoms with van der Waals surface area (Å²) in [5.41, 5.74) is 5.45. The zero-order chi connectivity index (χ0) is 26.7. The molecular weight excluding hydrogens is 548 g/mol. The van der Waals surface area contributed by atoms with Crippen molar-refractivity contribution in [1.29, 1.82) is 0 Å². The Labute approximate surface area is 229 Å². The van der Waals surface area contributed by atoms with Crippen molar-refractivity contribution in [2.75, 3.05) is 13.2 Å². The standard InChI is InChI=1S/C30H25BrN2O5/c1-2-36-26-15-10-23(11-16-26)30(35)38-28-17-12-25(31)18-24(28)19-32-33-29(34)20-37-27-13-8-22(9-14-27)21-6-4-3-5-7-21/h3-19H,2,20H2,1H3,(H,33,34)/b32-19+. The van der Waals surface area contributed by atoms with Gasteiger partial charge in [0.1, 0.15) is 17.2 Å². The number of nitrogens with one attached hydrogen (secondary N) is 1. The number of benzene rings is 4. The molecule has 38 heavy (non-hydrogen) atoms. The Balaban J connectivity index is 1.32. The van der Waals surface area contributed by atoms with Crippen molar-refractivity contribution >= 4 is 34.0 Å². The van der Waals surface area contributed by atoms with E-state index in [0.717, 1.165) is 15.6 Å². The molecule has 0 atom stereocenters. The van der Waals surface area contributed by atoms with E-state index in [2.05, 4.69) is 26.5 Å². The number of ether oxygens (including phenoxy) is 3. The summed E-state index contributed by atoms with van der Waals surface area (Å²) in [5.74, 6) is 0.570. The number of hydrazone groups is 1. The molecule has 0 unspecified atom stereocenters. The summed E-state index contributed by atoms with van der Waals surface area (Å²) in [6, 6.07) is 29.3. The molecule has 0 heterocycles. The first-order chi connectivity index (χ1) is 18.5. The predicted octanol–water partition coefficient (Wildman–Crippen LogP) is 6.26. The Morgan fingerprint density at radius 1 is 0.842 bits per heavy atom. The van der Waals surface area contributed by atoms with Crippen LogP contribution in [0.3, 0.4) is 0 Å². The molecule has 0 aliphatic rings. The van der Waals surface area contributed by atoms with Crippen LogP contribution in [0.5, 0.6) is 17.2 Å². The first kappa shape index (κ1) is 26.6. The van der Waals surface area contributed by atoms with Crippen molar-refractivity contribution < 1.29 is 23.8 Å². The fourth-order valence-electron chi connectivity index (χ4n) is 3.46. The third kappa shape index (κ3) is 7.54. The van der Waals surface area contributed by atoms with Gasteiger partial charge in [-0.05, 0) is 72.6 Å². The second-order valence-corrected chi connectivity index (χ2v) is 8.92. The number of hydrogen-bond donors (Lipinski definition) is 1. The van der Waals surface area contributed by atoms with E-state index in [9.17, 15) is 9.59 Å². The van der Waals surface area contributed by atoms with Crippen LogP contribution in [0, 0.1) is 0 Å². The molecule has 0 radical (unpaired) electrons. The van der Waals surface area contributed by atoms with Gasteiger partial charge in [0.15, 0.2) is 6.61 Å². The van der Waals surface area contributed by atoms with Crippen LogP contribution in [0.25, 0.3) is 11.1 Å². The lowest BCUT2D eigenvalue weighted by molar-refractivity contribution is -0.123. The average Bonchev–Trinajstić information content (AvgIpc) is 2.94. The van der Waals surface area contributed by atoms with Crippen molar-refractivity contribution in [2.24, 2.45) is 5.10 Å². The third-order valence-electron chi connectivity index (χ3n) is 5.30. The highest BCUT2D eigenvalue weighted by Gasteiger charge is 2.12. The van der Waals surface area contributed by atoms with Gasteiger partial charge in [-0.15, -0.1) is 0 Å². The van der Waals surface area contributed by atoms with Crippen LogP contribution in [0.2, 0.25) is 0 Å². The van der Waals surface area contributed by atoms with Gasteiger partial charge in [-0.2, -0.15) is 5.10 Å². The van der Waals surface area contributed by atoms with Gasteiger partial charge in [-0.1, -0.05) is 58.4 Å². The molecule has 1 amide bonds. The normalized spacial score (nSPS) is 10.7. The van der Waals surface area contributed by atoms with Gasteiger partial charge in [-0.25, -0.2) is 10.2 Å². The minimum absolute atomic E-state index is 0.208. The highest BCUT2D eigenvalue weighted by atomic mass is 79.9. The maximum absolute atomic E-state index is 12.6. The Hall–Kier alpha value is -4.43. The number of amides is 1. The molecule has 0 saturated heterocycles. The molecule has 1 N–H and O–H groups in total. The topological polar surface area (TPSA) is 86.2 Å². The van der Waals surface area contributed by atoms with Crippen molar-refractivity contribution in [1.82, 2.24) is 5.43 Å². The summed E-state index contributed by atoms with van der Waals surface area (Å²) in [5, 5.41) is 3.99. The number of rotatable bonds is 10. The van der Waals surface area contributed by atoms with E-state index in [0.29, 0.717) is 35.0 Å². The molecule has 8 heteroatoms. The van der Waals surface area contributed by atoms with Crippen molar-refractivity contribution in [3.8, 4) is 28.4 Å². The van der Waals surface area contributed by atoms with Crippen molar-refractivity contribution in [3.63, 3.8) is 0 Å².